The van der Waals surface area contributed by atoms with Crippen LogP contribution in [0.3, 0.4) is 0 Å². The van der Waals surface area contributed by atoms with Crippen molar-refractivity contribution in [3.05, 3.63) is 65.4 Å². The lowest BCUT2D eigenvalue weighted by Gasteiger charge is -2.20. The van der Waals surface area contributed by atoms with Gasteiger partial charge in [-0.3, -0.25) is 4.79 Å². The topological polar surface area (TPSA) is 36.1 Å². The molecule has 23 heavy (non-hydrogen) atoms. The number of carbonyl (C=O) groups is 1. The van der Waals surface area contributed by atoms with Gasteiger partial charge in [0.1, 0.15) is 0 Å². The Labute approximate surface area is 136 Å². The van der Waals surface area contributed by atoms with Crippen LogP contribution in [0.15, 0.2) is 48.5 Å². The van der Waals surface area contributed by atoms with Gasteiger partial charge in [-0.05, 0) is 25.5 Å². The van der Waals surface area contributed by atoms with Crippen molar-refractivity contribution in [1.82, 2.24) is 4.98 Å². The molecule has 0 aliphatic rings. The van der Waals surface area contributed by atoms with E-state index in [0.29, 0.717) is 6.54 Å². The van der Waals surface area contributed by atoms with Gasteiger partial charge in [0.25, 0.3) is 0 Å². The summed E-state index contributed by atoms with van der Waals surface area (Å²) < 4.78 is 0. The highest BCUT2D eigenvalue weighted by atomic mass is 16.2. The van der Waals surface area contributed by atoms with Crippen molar-refractivity contribution in [2.45, 2.75) is 27.2 Å². The van der Waals surface area contributed by atoms with Gasteiger partial charge in [-0.2, -0.15) is 0 Å². The molecular formula is C20H22N2O. The van der Waals surface area contributed by atoms with Crippen LogP contribution in [0.1, 0.15) is 30.7 Å². The Kier molecular flexibility index (Phi) is 4.20. The van der Waals surface area contributed by atoms with Gasteiger partial charge in [-0.25, -0.2) is 0 Å². The number of aromatic nitrogens is 1. The first-order valence-corrected chi connectivity index (χ1v) is 8.03. The minimum atomic E-state index is 0.0717. The maximum Gasteiger partial charge on any atom is 0.223 e. The average Bonchev–Trinajstić information content (AvgIpc) is 2.88. The second kappa shape index (κ2) is 6.29. The van der Waals surface area contributed by atoms with Crippen LogP contribution in [-0.2, 0) is 11.2 Å². The Hall–Kier alpha value is -2.55. The first-order valence-electron chi connectivity index (χ1n) is 8.03. The number of nitrogens with one attached hydrogen (secondary N) is 1. The average molecular weight is 306 g/mol. The van der Waals surface area contributed by atoms with Crippen LogP contribution < -0.4 is 4.90 Å². The Bertz CT molecular complexity index is 830. The Morgan fingerprint density at radius 1 is 1.09 bits per heavy atom. The van der Waals surface area contributed by atoms with Gasteiger partial charge in [-0.15, -0.1) is 0 Å². The molecule has 1 heterocycles. The molecule has 3 rings (SSSR count). The van der Waals surface area contributed by atoms with Crippen LogP contribution in [0.25, 0.3) is 10.9 Å². The Morgan fingerprint density at radius 3 is 2.43 bits per heavy atom. The fraction of sp³-hybridized carbons (Fsp3) is 0.250. The molecule has 0 radical (unpaired) electrons. The molecule has 0 unspecified atom stereocenters. The van der Waals surface area contributed by atoms with E-state index in [1.54, 1.807) is 6.92 Å². The molecule has 0 atom stereocenters. The Morgan fingerprint density at radius 2 is 1.78 bits per heavy atom. The van der Waals surface area contributed by atoms with Crippen molar-refractivity contribution in [2.24, 2.45) is 0 Å². The van der Waals surface area contributed by atoms with Crippen LogP contribution in [0.4, 0.5) is 5.69 Å². The molecule has 1 N–H and O–H groups in total. The largest absolute Gasteiger partial charge is 0.356 e. The molecule has 3 heteroatoms. The van der Waals surface area contributed by atoms with E-state index >= 15 is 0 Å². The van der Waals surface area contributed by atoms with E-state index in [0.717, 1.165) is 28.7 Å². The zero-order valence-corrected chi connectivity index (χ0v) is 13.9. The molecule has 0 fully saturated rings. The van der Waals surface area contributed by atoms with E-state index in [4.69, 9.17) is 0 Å². The predicted molar refractivity (Wildman–Crippen MR) is 96.0 cm³/mol. The lowest BCUT2D eigenvalue weighted by atomic mass is 10.1. The third-order valence-electron chi connectivity index (χ3n) is 4.22. The quantitative estimate of drug-likeness (QED) is 0.760. The number of rotatable bonds is 4. The molecule has 0 saturated heterocycles. The number of amides is 1. The zero-order chi connectivity index (χ0) is 16.4. The van der Waals surface area contributed by atoms with Crippen molar-refractivity contribution in [2.75, 3.05) is 11.4 Å². The second-order valence-corrected chi connectivity index (χ2v) is 5.92. The summed E-state index contributed by atoms with van der Waals surface area (Å²) in [6.07, 6.45) is 0.786. The minimum absolute atomic E-state index is 0.0717. The summed E-state index contributed by atoms with van der Waals surface area (Å²) in [5.41, 5.74) is 5.67. The van der Waals surface area contributed by atoms with Gasteiger partial charge >= 0.3 is 0 Å². The molecule has 0 aliphatic carbocycles. The van der Waals surface area contributed by atoms with Crippen LogP contribution in [-0.4, -0.2) is 17.4 Å². The van der Waals surface area contributed by atoms with Crippen LogP contribution in [0.2, 0.25) is 0 Å². The number of hydrogen-bond acceptors (Lipinski definition) is 1. The molecule has 0 spiro atoms. The lowest BCUT2D eigenvalue weighted by molar-refractivity contribution is -0.116. The summed E-state index contributed by atoms with van der Waals surface area (Å²) in [6.45, 7) is 6.39. The minimum Gasteiger partial charge on any atom is -0.356 e. The number of aryl methyl sites for hydroxylation is 1. The van der Waals surface area contributed by atoms with Crippen molar-refractivity contribution in [1.29, 1.82) is 0 Å². The number of hydrogen-bond donors (Lipinski definition) is 1. The van der Waals surface area contributed by atoms with E-state index in [1.165, 1.54) is 11.1 Å². The van der Waals surface area contributed by atoms with Crippen LogP contribution in [0.5, 0.6) is 0 Å². The summed E-state index contributed by atoms with van der Waals surface area (Å²) >= 11 is 0. The number of H-pyrrole nitrogens is 1. The number of aromatic amines is 1. The highest BCUT2D eigenvalue weighted by Gasteiger charge is 2.19. The SMILES string of the molecule is CCN(C(C)=O)c1c(Cc2ccc(C)cc2)[nH]c2ccccc12. The van der Waals surface area contributed by atoms with Crippen molar-refractivity contribution >= 4 is 22.5 Å². The van der Waals surface area contributed by atoms with Crippen molar-refractivity contribution < 1.29 is 4.79 Å². The number of para-hydroxylation sites is 1. The number of fused-ring (bicyclic) bond motifs is 1. The molecule has 0 bridgehead atoms. The first kappa shape index (κ1) is 15.3. The standard InChI is InChI=1S/C20H22N2O/c1-4-22(15(3)23)20-17-7-5-6-8-18(17)21-19(20)13-16-11-9-14(2)10-12-16/h5-12,21H,4,13H2,1-3H3. The monoisotopic (exact) mass is 306 g/mol. The molecule has 1 amide bonds. The molecule has 0 saturated carbocycles. The fourth-order valence-electron chi connectivity index (χ4n) is 3.07. The Balaban J connectivity index is 2.11. The second-order valence-electron chi connectivity index (χ2n) is 5.92. The smallest absolute Gasteiger partial charge is 0.223 e. The fourth-order valence-corrected chi connectivity index (χ4v) is 3.07. The van der Waals surface area contributed by atoms with E-state index in [9.17, 15) is 4.79 Å². The molecule has 3 aromatic rings. The number of anilines is 1. The van der Waals surface area contributed by atoms with Crippen LogP contribution >= 0.6 is 0 Å². The third-order valence-corrected chi connectivity index (χ3v) is 4.22. The maximum absolute atomic E-state index is 12.1. The predicted octanol–water partition coefficient (Wildman–Crippen LogP) is 4.44. The summed E-state index contributed by atoms with van der Waals surface area (Å²) in [5, 5.41) is 1.10. The third kappa shape index (κ3) is 3.00. The normalized spacial score (nSPS) is 10.9. The number of carbonyl (C=O) groups excluding carboxylic acids is 1. The summed E-state index contributed by atoms with van der Waals surface area (Å²) in [4.78, 5) is 17.4. The first-order chi connectivity index (χ1) is 11.1. The zero-order valence-electron chi connectivity index (χ0n) is 13.9. The number of benzene rings is 2. The van der Waals surface area contributed by atoms with Gasteiger partial charge < -0.3 is 9.88 Å². The van der Waals surface area contributed by atoms with E-state index in [2.05, 4.69) is 48.3 Å². The van der Waals surface area contributed by atoms with Gasteiger partial charge in [0.2, 0.25) is 5.91 Å². The summed E-state index contributed by atoms with van der Waals surface area (Å²) in [6, 6.07) is 16.7. The van der Waals surface area contributed by atoms with Crippen molar-refractivity contribution in [3.63, 3.8) is 0 Å². The number of nitrogens with zero attached hydrogens (tertiary/aromatic N) is 1. The lowest BCUT2D eigenvalue weighted by Crippen LogP contribution is -2.28. The van der Waals surface area contributed by atoms with Crippen LogP contribution in [0, 0.1) is 6.92 Å². The van der Waals surface area contributed by atoms with Crippen molar-refractivity contribution in [3.8, 4) is 0 Å². The highest BCUT2D eigenvalue weighted by Crippen LogP contribution is 2.32. The molecule has 1 aromatic heterocycles. The van der Waals surface area contributed by atoms with Gasteiger partial charge in [-0.1, -0.05) is 48.0 Å². The molecule has 3 nitrogen and oxygen atoms in total. The molecule has 0 aliphatic heterocycles. The molecule has 118 valence electrons. The van der Waals surface area contributed by atoms with Gasteiger partial charge in [0, 0.05) is 36.5 Å². The van der Waals surface area contributed by atoms with Gasteiger partial charge in [0.15, 0.2) is 0 Å². The van der Waals surface area contributed by atoms with Gasteiger partial charge in [0.05, 0.1) is 5.69 Å². The molecule has 2 aromatic carbocycles. The summed E-state index contributed by atoms with van der Waals surface area (Å²) in [7, 11) is 0. The van der Waals surface area contributed by atoms with E-state index in [-0.39, 0.29) is 5.91 Å². The van der Waals surface area contributed by atoms with E-state index < -0.39 is 0 Å². The van der Waals surface area contributed by atoms with E-state index in [1.807, 2.05) is 24.0 Å². The maximum atomic E-state index is 12.1. The molecular weight excluding hydrogens is 284 g/mol. The highest BCUT2D eigenvalue weighted by molar-refractivity contribution is 6.04. The summed E-state index contributed by atoms with van der Waals surface area (Å²) in [5.74, 6) is 0.0717.